The van der Waals surface area contributed by atoms with Gasteiger partial charge in [0.15, 0.2) is 5.82 Å². The van der Waals surface area contributed by atoms with Gasteiger partial charge in [-0.25, -0.2) is 19.6 Å². The quantitative estimate of drug-likeness (QED) is 0.293. The van der Waals surface area contributed by atoms with Crippen LogP contribution in [0, 0.1) is 11.8 Å². The Kier molecular flexibility index (Phi) is 7.02. The zero-order valence-corrected chi connectivity index (χ0v) is 24.5. The van der Waals surface area contributed by atoms with E-state index in [9.17, 15) is 4.79 Å². The van der Waals surface area contributed by atoms with E-state index in [1.54, 1.807) is 44.7 Å². The number of likely N-dealkylation sites (tertiary alicyclic amines) is 1. The lowest BCUT2D eigenvalue weighted by atomic mass is 9.98. The van der Waals surface area contributed by atoms with E-state index in [1.165, 1.54) is 23.3 Å². The normalized spacial score (nSPS) is 15.1. The first-order valence-corrected chi connectivity index (χ1v) is 14.8. The van der Waals surface area contributed by atoms with Crippen LogP contribution in [-0.2, 0) is 13.6 Å². The van der Waals surface area contributed by atoms with Crippen LogP contribution >= 0.6 is 11.3 Å². The molecule has 7 rings (SSSR count). The molecule has 1 aliphatic heterocycles. The third-order valence-electron chi connectivity index (χ3n) is 7.63. The molecule has 0 radical (unpaired) electrons. The first-order chi connectivity index (χ1) is 21.0. The summed E-state index contributed by atoms with van der Waals surface area (Å²) < 4.78 is 5.16. The molecule has 1 saturated heterocycles. The minimum Gasteiger partial charge on any atom is -0.327 e. The van der Waals surface area contributed by atoms with Crippen LogP contribution in [0.3, 0.4) is 0 Å². The largest absolute Gasteiger partial charge is 0.327 e. The van der Waals surface area contributed by atoms with Crippen LogP contribution in [0.2, 0.25) is 0 Å². The summed E-state index contributed by atoms with van der Waals surface area (Å²) >= 11 is 1.47. The Morgan fingerprint density at radius 1 is 1.05 bits per heavy atom. The monoisotopic (exact) mass is 588 g/mol. The van der Waals surface area contributed by atoms with Crippen LogP contribution in [0.15, 0.2) is 77.6 Å². The van der Waals surface area contributed by atoms with E-state index >= 15 is 0 Å². The first kappa shape index (κ1) is 26.8. The van der Waals surface area contributed by atoms with Crippen LogP contribution in [0.5, 0.6) is 0 Å². The third-order valence-corrected chi connectivity index (χ3v) is 8.38. The van der Waals surface area contributed by atoms with E-state index < -0.39 is 0 Å². The van der Waals surface area contributed by atoms with E-state index in [2.05, 4.69) is 73.4 Å². The zero-order chi connectivity index (χ0) is 29.3. The number of pyridine rings is 1. The summed E-state index contributed by atoms with van der Waals surface area (Å²) in [6.07, 6.45) is 9.80. The van der Waals surface area contributed by atoms with Gasteiger partial charge in [-0.2, -0.15) is 10.1 Å². The van der Waals surface area contributed by atoms with Crippen molar-refractivity contribution >= 4 is 34.0 Å². The Bertz CT molecular complexity index is 2030. The Hall–Kier alpha value is -5.12. The number of benzene rings is 1. The molecule has 5 aromatic heterocycles. The van der Waals surface area contributed by atoms with Crippen molar-refractivity contribution in [3.63, 3.8) is 0 Å². The van der Waals surface area contributed by atoms with Crippen molar-refractivity contribution in [3.8, 4) is 17.0 Å². The van der Waals surface area contributed by atoms with Crippen molar-refractivity contribution in [3.05, 3.63) is 106 Å². The summed E-state index contributed by atoms with van der Waals surface area (Å²) in [6.45, 7) is 2.42. The highest BCUT2D eigenvalue weighted by molar-refractivity contribution is 7.12. The molecule has 0 bridgehead atoms. The topological polar surface area (TPSA) is 112 Å². The molecule has 1 unspecified atom stereocenters. The lowest BCUT2D eigenvalue weighted by molar-refractivity contribution is 0.411. The first-order valence-electron chi connectivity index (χ1n) is 13.9. The standard InChI is InChI=1S/C31H28N10OS/c1-38-14-10-23(19-38)21-3-6-25(7-4-21)36-30-34-18-24-17-22(5-8-27-32-12-15-39(27)2)29(42)40(28(24)37-30)20-26-9-11-35-41(26)31-33-13-16-43-31/h3-4,6-7,9,11-13,15-18,23H,10,14,19-20H2,1-2H3,(H,34,36,37). The van der Waals surface area contributed by atoms with E-state index in [1.807, 2.05) is 24.7 Å². The SMILES string of the molecule is CN1CCC(c2ccc(Nc3ncc4cc(C#Cc5nccn5C)c(=O)n(Cc5ccnn5-c5nccs5)c4n3)cc2)C1. The average Bonchev–Trinajstić information content (AvgIpc) is 3.83. The van der Waals surface area contributed by atoms with Crippen molar-refractivity contribution in [2.75, 3.05) is 25.5 Å². The van der Waals surface area contributed by atoms with Gasteiger partial charge < -0.3 is 14.8 Å². The van der Waals surface area contributed by atoms with Gasteiger partial charge in [0.05, 0.1) is 17.8 Å². The summed E-state index contributed by atoms with van der Waals surface area (Å²) in [5, 5.41) is 11.1. The molecule has 1 aromatic carbocycles. The van der Waals surface area contributed by atoms with E-state index in [0.717, 1.165) is 24.5 Å². The van der Waals surface area contributed by atoms with Crippen molar-refractivity contribution in [2.24, 2.45) is 7.05 Å². The van der Waals surface area contributed by atoms with Crippen LogP contribution in [-0.4, -0.2) is 63.9 Å². The molecular weight excluding hydrogens is 560 g/mol. The number of imidazole rings is 1. The molecule has 43 heavy (non-hydrogen) atoms. The number of nitrogens with zero attached hydrogens (tertiary/aromatic N) is 9. The molecule has 0 spiro atoms. The summed E-state index contributed by atoms with van der Waals surface area (Å²) in [7, 11) is 4.02. The molecule has 12 heteroatoms. The molecule has 214 valence electrons. The molecule has 6 heterocycles. The van der Waals surface area contributed by atoms with Gasteiger partial charge in [-0.3, -0.25) is 9.36 Å². The molecular formula is C31H28N10OS. The van der Waals surface area contributed by atoms with E-state index in [0.29, 0.717) is 39.4 Å². The van der Waals surface area contributed by atoms with Gasteiger partial charge in [0, 0.05) is 61.0 Å². The Labute approximate surface area is 251 Å². The fourth-order valence-electron chi connectivity index (χ4n) is 5.34. The van der Waals surface area contributed by atoms with Crippen LogP contribution < -0.4 is 10.9 Å². The number of likely N-dealkylation sites (N-methyl/N-ethyl adjacent to an activating group) is 1. The van der Waals surface area contributed by atoms with Gasteiger partial charge in [0.25, 0.3) is 5.56 Å². The summed E-state index contributed by atoms with van der Waals surface area (Å²) in [5.74, 6) is 7.55. The molecule has 1 aliphatic rings. The predicted octanol–water partition coefficient (Wildman–Crippen LogP) is 3.78. The minimum atomic E-state index is -0.267. The summed E-state index contributed by atoms with van der Waals surface area (Å²) in [5.41, 5.74) is 3.54. The molecule has 1 fully saturated rings. The molecule has 6 aromatic rings. The van der Waals surface area contributed by atoms with Gasteiger partial charge in [-0.15, -0.1) is 11.3 Å². The fraction of sp³-hybridized carbons (Fsp3) is 0.226. The maximum Gasteiger partial charge on any atom is 0.268 e. The highest BCUT2D eigenvalue weighted by Crippen LogP contribution is 2.28. The van der Waals surface area contributed by atoms with Gasteiger partial charge in [-0.1, -0.05) is 18.1 Å². The second-order valence-electron chi connectivity index (χ2n) is 10.6. The van der Waals surface area contributed by atoms with Crippen molar-refractivity contribution in [1.29, 1.82) is 0 Å². The molecule has 0 amide bonds. The average molecular weight is 589 g/mol. The summed E-state index contributed by atoms with van der Waals surface area (Å²) in [6, 6.07) is 12.0. The second-order valence-corrected chi connectivity index (χ2v) is 11.5. The molecule has 11 nitrogen and oxygen atoms in total. The Morgan fingerprint density at radius 3 is 2.67 bits per heavy atom. The van der Waals surface area contributed by atoms with E-state index in [-0.39, 0.29) is 12.1 Å². The van der Waals surface area contributed by atoms with Crippen molar-refractivity contribution < 1.29 is 0 Å². The van der Waals surface area contributed by atoms with Crippen LogP contribution in [0.1, 0.15) is 35.0 Å². The van der Waals surface area contributed by atoms with Crippen LogP contribution in [0.4, 0.5) is 11.6 Å². The lowest BCUT2D eigenvalue weighted by Crippen LogP contribution is -2.25. The smallest absolute Gasteiger partial charge is 0.268 e. The number of hydrogen-bond donors (Lipinski definition) is 1. The van der Waals surface area contributed by atoms with Crippen LogP contribution in [0.25, 0.3) is 16.2 Å². The van der Waals surface area contributed by atoms with Gasteiger partial charge in [0.1, 0.15) is 5.65 Å². The number of nitrogens with one attached hydrogen (secondary N) is 1. The molecule has 0 aliphatic carbocycles. The molecule has 1 N–H and O–H groups in total. The minimum absolute atomic E-state index is 0.216. The summed E-state index contributed by atoms with van der Waals surface area (Å²) in [4.78, 5) is 34.3. The number of aryl methyl sites for hydroxylation is 1. The maximum absolute atomic E-state index is 13.9. The van der Waals surface area contributed by atoms with Gasteiger partial charge in [-0.05, 0) is 61.7 Å². The highest BCUT2D eigenvalue weighted by atomic mass is 32.1. The fourth-order valence-corrected chi connectivity index (χ4v) is 5.97. The number of aromatic nitrogens is 8. The van der Waals surface area contributed by atoms with E-state index in [4.69, 9.17) is 4.98 Å². The number of fused-ring (bicyclic) bond motifs is 1. The maximum atomic E-state index is 13.9. The third kappa shape index (κ3) is 5.43. The van der Waals surface area contributed by atoms with Crippen molar-refractivity contribution in [2.45, 2.75) is 18.9 Å². The highest BCUT2D eigenvalue weighted by Gasteiger charge is 2.21. The van der Waals surface area contributed by atoms with Gasteiger partial charge >= 0.3 is 0 Å². The second kappa shape index (κ2) is 11.3. The Morgan fingerprint density at radius 2 is 1.93 bits per heavy atom. The number of rotatable bonds is 6. The number of anilines is 2. The van der Waals surface area contributed by atoms with Gasteiger partial charge in [0.2, 0.25) is 11.1 Å². The number of hydrogen-bond acceptors (Lipinski definition) is 9. The lowest BCUT2D eigenvalue weighted by Gasteiger charge is -2.14. The molecule has 1 atom stereocenters. The number of thiazole rings is 1. The predicted molar refractivity (Wildman–Crippen MR) is 166 cm³/mol. The van der Waals surface area contributed by atoms with Crippen molar-refractivity contribution in [1.82, 2.24) is 43.8 Å². The Balaban J connectivity index is 1.26. The zero-order valence-electron chi connectivity index (χ0n) is 23.7. The molecule has 0 saturated carbocycles.